The van der Waals surface area contributed by atoms with Gasteiger partial charge in [-0.15, -0.1) is 0 Å². The molecule has 1 aliphatic heterocycles. The fourth-order valence-electron chi connectivity index (χ4n) is 5.83. The third kappa shape index (κ3) is 4.35. The summed E-state index contributed by atoms with van der Waals surface area (Å²) in [7, 11) is 0. The van der Waals surface area contributed by atoms with Crippen molar-refractivity contribution in [3.05, 3.63) is 29.3 Å². The van der Waals surface area contributed by atoms with Gasteiger partial charge in [0.1, 0.15) is 11.3 Å². The number of carbonyl (C=O) groups excluding carboxylic acids is 1. The summed E-state index contributed by atoms with van der Waals surface area (Å²) in [5.74, 6) is -10.6. The minimum atomic E-state index is -3.06. The first-order chi connectivity index (χ1) is 16.7. The van der Waals surface area contributed by atoms with Gasteiger partial charge in [0.05, 0.1) is 30.1 Å². The van der Waals surface area contributed by atoms with Crippen molar-refractivity contribution in [3.8, 4) is 0 Å². The van der Waals surface area contributed by atoms with Crippen LogP contribution in [0.15, 0.2) is 12.1 Å². The van der Waals surface area contributed by atoms with Gasteiger partial charge in [0.15, 0.2) is 5.82 Å². The number of nitrogens with zero attached hydrogens (tertiary/aromatic N) is 2. The standard InChI is InChI=1S/C24H27F7N4O/c25-16-14(21(7-9-23(28,29)10-8-21)20(36)35-11-24(30,31)12-35)1-2-15-18(16)34-19(33-15)17(32)13-3-5-22(26,27)6-4-13/h1-2,13,17H,3-12,32H2,(H,33,34). The van der Waals surface area contributed by atoms with Crippen LogP contribution in [0.4, 0.5) is 30.7 Å². The van der Waals surface area contributed by atoms with Gasteiger partial charge in [-0.3, -0.25) is 4.79 Å². The van der Waals surface area contributed by atoms with Gasteiger partial charge in [-0.1, -0.05) is 6.07 Å². The average Bonchev–Trinajstić information content (AvgIpc) is 3.23. The van der Waals surface area contributed by atoms with Crippen molar-refractivity contribution >= 4 is 16.9 Å². The second kappa shape index (κ2) is 8.32. The molecule has 3 fully saturated rings. The largest absolute Gasteiger partial charge is 0.341 e. The van der Waals surface area contributed by atoms with Crippen LogP contribution in [-0.2, 0) is 10.2 Å². The second-order valence-corrected chi connectivity index (χ2v) is 10.6. The number of aromatic nitrogens is 2. The summed E-state index contributed by atoms with van der Waals surface area (Å²) < 4.78 is 97.9. The number of aromatic amines is 1. The number of fused-ring (bicyclic) bond motifs is 1. The van der Waals surface area contributed by atoms with Crippen LogP contribution in [0.3, 0.4) is 0 Å². The Bertz CT molecular complexity index is 1150. The van der Waals surface area contributed by atoms with Crippen molar-refractivity contribution in [2.45, 2.75) is 80.6 Å². The Balaban J connectivity index is 1.48. The molecule has 3 N–H and O–H groups in total. The minimum absolute atomic E-state index is 0.155. The Morgan fingerprint density at radius 2 is 1.53 bits per heavy atom. The van der Waals surface area contributed by atoms with E-state index < -0.39 is 79.7 Å². The van der Waals surface area contributed by atoms with Crippen molar-refractivity contribution in [3.63, 3.8) is 0 Å². The number of nitrogens with two attached hydrogens (primary N) is 1. The zero-order chi connectivity index (χ0) is 26.1. The molecule has 2 aromatic rings. The smallest absolute Gasteiger partial charge is 0.282 e. The predicted molar refractivity (Wildman–Crippen MR) is 117 cm³/mol. The Kier molecular flexibility index (Phi) is 5.85. The summed E-state index contributed by atoms with van der Waals surface area (Å²) >= 11 is 0. The maximum Gasteiger partial charge on any atom is 0.282 e. The third-order valence-electron chi connectivity index (χ3n) is 8.09. The van der Waals surface area contributed by atoms with E-state index in [0.29, 0.717) is 0 Å². The number of H-pyrrole nitrogens is 1. The molecular formula is C24H27F7N4O. The summed E-state index contributed by atoms with van der Waals surface area (Å²) in [6, 6.07) is 2.02. The van der Waals surface area contributed by atoms with Crippen LogP contribution in [0.1, 0.15) is 68.8 Å². The van der Waals surface area contributed by atoms with Gasteiger partial charge >= 0.3 is 0 Å². The summed E-state index contributed by atoms with van der Waals surface area (Å²) in [6.07, 6.45) is -2.36. The minimum Gasteiger partial charge on any atom is -0.341 e. The molecule has 1 saturated heterocycles. The lowest BCUT2D eigenvalue weighted by molar-refractivity contribution is -0.175. The van der Waals surface area contributed by atoms with E-state index >= 15 is 4.39 Å². The molecule has 0 bridgehead atoms. The van der Waals surface area contributed by atoms with E-state index in [2.05, 4.69) is 9.97 Å². The van der Waals surface area contributed by atoms with Crippen LogP contribution in [0.25, 0.3) is 11.0 Å². The molecule has 2 heterocycles. The summed E-state index contributed by atoms with van der Waals surface area (Å²) in [4.78, 5) is 21.4. The predicted octanol–water partition coefficient (Wildman–Crippen LogP) is 5.45. The summed E-state index contributed by atoms with van der Waals surface area (Å²) in [5, 5.41) is 0. The van der Waals surface area contributed by atoms with Gasteiger partial charge in [-0.25, -0.2) is 35.7 Å². The van der Waals surface area contributed by atoms with Crippen molar-refractivity contribution in [2.75, 3.05) is 13.1 Å². The molecular weight excluding hydrogens is 493 g/mol. The van der Waals surface area contributed by atoms with Crippen molar-refractivity contribution < 1.29 is 35.5 Å². The zero-order valence-electron chi connectivity index (χ0n) is 19.4. The first-order valence-corrected chi connectivity index (χ1v) is 12.1. The van der Waals surface area contributed by atoms with E-state index in [4.69, 9.17) is 5.73 Å². The molecule has 5 rings (SSSR count). The van der Waals surface area contributed by atoms with Crippen molar-refractivity contribution in [1.29, 1.82) is 0 Å². The summed E-state index contributed by atoms with van der Waals surface area (Å²) in [5.41, 5.74) is 4.50. The Morgan fingerprint density at radius 3 is 2.11 bits per heavy atom. The molecule has 0 spiro atoms. The molecule has 36 heavy (non-hydrogen) atoms. The number of carbonyl (C=O) groups is 1. The van der Waals surface area contributed by atoms with Crippen LogP contribution in [0, 0.1) is 11.7 Å². The van der Waals surface area contributed by atoms with Gasteiger partial charge in [-0.05, 0) is 37.7 Å². The SMILES string of the molecule is NC(c1nc2c(F)c(C3(C(=O)N4CC(F)(F)C4)CCC(F)(F)CC3)ccc2[nH]1)C1CCC(F)(F)CC1. The maximum atomic E-state index is 15.9. The highest BCUT2D eigenvalue weighted by Crippen LogP contribution is 2.49. The number of alkyl halides is 6. The van der Waals surface area contributed by atoms with Gasteiger partial charge in [0, 0.05) is 31.2 Å². The van der Waals surface area contributed by atoms with Crippen LogP contribution in [-0.4, -0.2) is 51.6 Å². The van der Waals surface area contributed by atoms with Crippen molar-refractivity contribution in [1.82, 2.24) is 14.9 Å². The molecule has 1 aromatic carbocycles. The number of amides is 1. The number of likely N-dealkylation sites (tertiary alicyclic amines) is 1. The van der Waals surface area contributed by atoms with E-state index in [-0.39, 0.29) is 54.0 Å². The Labute approximate surface area is 202 Å². The van der Waals surface area contributed by atoms with E-state index in [1.54, 1.807) is 0 Å². The second-order valence-electron chi connectivity index (χ2n) is 10.6. The van der Waals surface area contributed by atoms with Gasteiger partial charge in [-0.2, -0.15) is 0 Å². The van der Waals surface area contributed by atoms with Gasteiger partial charge < -0.3 is 15.6 Å². The lowest BCUT2D eigenvalue weighted by Crippen LogP contribution is -2.63. The highest BCUT2D eigenvalue weighted by atomic mass is 19.3. The maximum absolute atomic E-state index is 15.9. The Hall–Kier alpha value is -2.37. The lowest BCUT2D eigenvalue weighted by Gasteiger charge is -2.47. The molecule has 2 aliphatic carbocycles. The summed E-state index contributed by atoms with van der Waals surface area (Å²) in [6.45, 7) is -1.68. The average molecular weight is 520 g/mol. The first-order valence-electron chi connectivity index (χ1n) is 12.1. The van der Waals surface area contributed by atoms with Crippen LogP contribution in [0.5, 0.6) is 0 Å². The highest BCUT2D eigenvalue weighted by Gasteiger charge is 2.56. The zero-order valence-corrected chi connectivity index (χ0v) is 19.4. The molecule has 1 aromatic heterocycles. The molecule has 0 radical (unpaired) electrons. The van der Waals surface area contributed by atoms with Crippen LogP contribution >= 0.6 is 0 Å². The number of nitrogens with one attached hydrogen (secondary N) is 1. The topological polar surface area (TPSA) is 75.0 Å². The number of hydrogen-bond donors (Lipinski definition) is 2. The molecule has 3 aliphatic rings. The molecule has 2 saturated carbocycles. The number of halogens is 7. The van der Waals surface area contributed by atoms with E-state index in [0.717, 1.165) is 4.90 Å². The molecule has 1 atom stereocenters. The number of hydrogen-bond acceptors (Lipinski definition) is 3. The lowest BCUT2D eigenvalue weighted by atomic mass is 9.66. The first kappa shape index (κ1) is 25.3. The van der Waals surface area contributed by atoms with Crippen LogP contribution in [0.2, 0.25) is 0 Å². The molecule has 1 unspecified atom stereocenters. The third-order valence-corrected chi connectivity index (χ3v) is 8.09. The van der Waals surface area contributed by atoms with E-state index in [1.165, 1.54) is 12.1 Å². The number of benzene rings is 1. The van der Waals surface area contributed by atoms with Crippen molar-refractivity contribution in [2.24, 2.45) is 11.7 Å². The quantitative estimate of drug-likeness (QED) is 0.527. The normalized spacial score (nSPS) is 25.9. The fourth-order valence-corrected chi connectivity index (χ4v) is 5.83. The molecule has 198 valence electrons. The fraction of sp³-hybridized carbons (Fsp3) is 0.667. The molecule has 12 heteroatoms. The number of imidazole rings is 1. The van der Waals surface area contributed by atoms with E-state index in [1.807, 2.05) is 0 Å². The Morgan fingerprint density at radius 1 is 0.944 bits per heavy atom. The monoisotopic (exact) mass is 520 g/mol. The highest BCUT2D eigenvalue weighted by molar-refractivity contribution is 5.91. The molecule has 1 amide bonds. The number of rotatable bonds is 4. The van der Waals surface area contributed by atoms with Crippen LogP contribution < -0.4 is 5.73 Å². The van der Waals surface area contributed by atoms with Gasteiger partial charge in [0.2, 0.25) is 17.8 Å². The van der Waals surface area contributed by atoms with Gasteiger partial charge in [0.25, 0.3) is 5.92 Å². The molecule has 5 nitrogen and oxygen atoms in total. The van der Waals surface area contributed by atoms with E-state index in [9.17, 15) is 31.1 Å².